The molecule has 1 aromatic carbocycles. The predicted octanol–water partition coefficient (Wildman–Crippen LogP) is 5.26. The van der Waals surface area contributed by atoms with Gasteiger partial charge in [-0.15, -0.1) is 0 Å². The van der Waals surface area contributed by atoms with Crippen LogP contribution < -0.4 is 14.8 Å². The van der Waals surface area contributed by atoms with Crippen molar-refractivity contribution in [2.24, 2.45) is 0 Å². The Morgan fingerprint density at radius 1 is 1.05 bits per heavy atom. The van der Waals surface area contributed by atoms with E-state index in [1.54, 1.807) is 26.2 Å². The number of rotatable bonds is 11. The number of pyridine rings is 1. The molecule has 9 heteroatoms. The second-order valence-corrected chi connectivity index (χ2v) is 10.6. The van der Waals surface area contributed by atoms with Crippen LogP contribution in [0.1, 0.15) is 81.6 Å². The summed E-state index contributed by atoms with van der Waals surface area (Å²) in [5.41, 5.74) is 5.35. The molecule has 0 unspecified atom stereocenters. The molecule has 0 fully saturated rings. The Morgan fingerprint density at radius 3 is 2.38 bits per heavy atom. The van der Waals surface area contributed by atoms with Gasteiger partial charge in [0.05, 0.1) is 44.0 Å². The second-order valence-electron chi connectivity index (χ2n) is 10.6. The normalized spacial score (nSPS) is 12.3. The van der Waals surface area contributed by atoms with Crippen molar-refractivity contribution < 1.29 is 23.8 Å². The molecule has 3 rings (SSSR count). The number of methoxy groups -OCH3 is 1. The quantitative estimate of drug-likeness (QED) is 0.332. The van der Waals surface area contributed by atoms with Gasteiger partial charge in [0, 0.05) is 17.5 Å². The number of hydrogen-bond donors (Lipinski definition) is 1. The van der Waals surface area contributed by atoms with Gasteiger partial charge in [-0.1, -0.05) is 6.07 Å². The van der Waals surface area contributed by atoms with Crippen molar-refractivity contribution in [3.05, 3.63) is 46.3 Å². The predicted molar refractivity (Wildman–Crippen MR) is 151 cm³/mol. The summed E-state index contributed by atoms with van der Waals surface area (Å²) in [5, 5.41) is 8.83. The van der Waals surface area contributed by atoms with Crippen molar-refractivity contribution in [1.82, 2.24) is 20.1 Å². The third-order valence-corrected chi connectivity index (χ3v) is 6.71. The number of esters is 1. The first kappa shape index (κ1) is 29.9. The van der Waals surface area contributed by atoms with E-state index in [4.69, 9.17) is 24.3 Å². The number of nitrogens with one attached hydrogen (secondary N) is 1. The van der Waals surface area contributed by atoms with Gasteiger partial charge in [-0.25, -0.2) is 9.67 Å². The lowest BCUT2D eigenvalue weighted by Crippen LogP contribution is -2.31. The summed E-state index contributed by atoms with van der Waals surface area (Å²) < 4.78 is 18.2. The minimum Gasteiger partial charge on any atom is -0.493 e. The third kappa shape index (κ3) is 6.88. The fourth-order valence-electron chi connectivity index (χ4n) is 4.86. The summed E-state index contributed by atoms with van der Waals surface area (Å²) in [7, 11) is 1.56. The lowest BCUT2D eigenvalue weighted by atomic mass is 9.98. The zero-order chi connectivity index (χ0) is 28.9. The number of hydrogen-bond acceptors (Lipinski definition) is 7. The molecule has 0 saturated heterocycles. The van der Waals surface area contributed by atoms with Gasteiger partial charge in [0.1, 0.15) is 0 Å². The maximum absolute atomic E-state index is 13.2. The van der Waals surface area contributed by atoms with E-state index in [9.17, 15) is 9.59 Å². The second kappa shape index (κ2) is 12.5. The SMILES string of the molecule is CCOC(=O)C[C@@H](NC(=O)CCc1c(C)nc2c(c(C)nn2C(C)(C)C)c1C)c1ccc(OCC)c(OC)c1. The highest BCUT2D eigenvalue weighted by Gasteiger charge is 2.24. The van der Waals surface area contributed by atoms with E-state index in [0.717, 1.165) is 39.1 Å². The lowest BCUT2D eigenvalue weighted by Gasteiger charge is -2.21. The fraction of sp³-hybridized carbons (Fsp3) is 0.533. The van der Waals surface area contributed by atoms with Crippen molar-refractivity contribution in [3.63, 3.8) is 0 Å². The number of aryl methyl sites for hydroxylation is 3. The first-order chi connectivity index (χ1) is 18.4. The molecule has 39 heavy (non-hydrogen) atoms. The van der Waals surface area contributed by atoms with Gasteiger partial charge in [0.15, 0.2) is 17.1 Å². The van der Waals surface area contributed by atoms with Crippen molar-refractivity contribution in [3.8, 4) is 11.5 Å². The Bertz CT molecular complexity index is 1340. The zero-order valence-electron chi connectivity index (χ0n) is 24.7. The average Bonchev–Trinajstić information content (AvgIpc) is 3.20. The first-order valence-electron chi connectivity index (χ1n) is 13.5. The molecule has 212 valence electrons. The van der Waals surface area contributed by atoms with E-state index < -0.39 is 6.04 Å². The van der Waals surface area contributed by atoms with Crippen molar-refractivity contribution in [1.29, 1.82) is 0 Å². The number of benzene rings is 1. The van der Waals surface area contributed by atoms with Gasteiger partial charge < -0.3 is 19.5 Å². The first-order valence-corrected chi connectivity index (χ1v) is 13.5. The molecule has 0 bridgehead atoms. The highest BCUT2D eigenvalue weighted by molar-refractivity contribution is 5.84. The Morgan fingerprint density at radius 2 is 1.77 bits per heavy atom. The van der Waals surface area contributed by atoms with E-state index >= 15 is 0 Å². The number of ether oxygens (including phenoxy) is 3. The molecule has 9 nitrogen and oxygen atoms in total. The van der Waals surface area contributed by atoms with Crippen molar-refractivity contribution >= 4 is 22.9 Å². The third-order valence-electron chi connectivity index (χ3n) is 6.71. The summed E-state index contributed by atoms with van der Waals surface area (Å²) in [6.45, 7) is 16.8. The number of nitrogens with zero attached hydrogens (tertiary/aromatic N) is 3. The van der Waals surface area contributed by atoms with Gasteiger partial charge in [0.25, 0.3) is 0 Å². The molecule has 0 aliphatic heterocycles. The Hall–Kier alpha value is -3.62. The molecule has 0 saturated carbocycles. The highest BCUT2D eigenvalue weighted by atomic mass is 16.5. The number of carbonyl (C=O) groups excluding carboxylic acids is 2. The van der Waals surface area contributed by atoms with Crippen LogP contribution in [0.15, 0.2) is 18.2 Å². The molecule has 3 aromatic rings. The van der Waals surface area contributed by atoms with Crippen LogP contribution in [0.3, 0.4) is 0 Å². The molecule has 1 N–H and O–H groups in total. The van der Waals surface area contributed by atoms with E-state index in [1.165, 1.54) is 0 Å². The average molecular weight is 539 g/mol. The van der Waals surface area contributed by atoms with Gasteiger partial charge in [-0.3, -0.25) is 9.59 Å². The highest BCUT2D eigenvalue weighted by Crippen LogP contribution is 2.32. The monoisotopic (exact) mass is 538 g/mol. The Labute approximate surface area is 231 Å². The number of aromatic nitrogens is 3. The lowest BCUT2D eigenvalue weighted by molar-refractivity contribution is -0.143. The maximum Gasteiger partial charge on any atom is 0.308 e. The van der Waals surface area contributed by atoms with Gasteiger partial charge >= 0.3 is 5.97 Å². The zero-order valence-corrected chi connectivity index (χ0v) is 24.7. The largest absolute Gasteiger partial charge is 0.493 e. The molecule has 2 aromatic heterocycles. The van der Waals surface area contributed by atoms with Crippen molar-refractivity contribution in [2.75, 3.05) is 20.3 Å². The van der Waals surface area contributed by atoms with E-state index in [0.29, 0.717) is 24.5 Å². The van der Waals surface area contributed by atoms with Gasteiger partial charge in [-0.05, 0) is 90.6 Å². The molecule has 0 spiro atoms. The van der Waals surface area contributed by atoms with Crippen LogP contribution in [0.2, 0.25) is 0 Å². The maximum atomic E-state index is 13.2. The van der Waals surface area contributed by atoms with E-state index in [1.807, 2.05) is 31.5 Å². The topological polar surface area (TPSA) is 105 Å². The van der Waals surface area contributed by atoms with Crippen molar-refractivity contribution in [2.45, 2.75) is 86.2 Å². The minimum absolute atomic E-state index is 0.00741. The van der Waals surface area contributed by atoms with Crippen LogP contribution >= 0.6 is 0 Å². The molecule has 0 aliphatic carbocycles. The molecule has 0 radical (unpaired) electrons. The molecule has 2 heterocycles. The number of amides is 1. The summed E-state index contributed by atoms with van der Waals surface area (Å²) >= 11 is 0. The fourth-order valence-corrected chi connectivity index (χ4v) is 4.86. The minimum atomic E-state index is -0.573. The van der Waals surface area contributed by atoms with Crippen LogP contribution in [0.25, 0.3) is 11.0 Å². The molecular formula is C30H42N4O5. The van der Waals surface area contributed by atoms with Crippen LogP contribution in [0, 0.1) is 20.8 Å². The summed E-state index contributed by atoms with van der Waals surface area (Å²) in [5.74, 6) is 0.583. The number of carbonyl (C=O) groups is 2. The Kier molecular flexibility index (Phi) is 9.59. The van der Waals surface area contributed by atoms with E-state index in [-0.39, 0.29) is 36.9 Å². The van der Waals surface area contributed by atoms with Crippen LogP contribution in [-0.4, -0.2) is 47.0 Å². The van der Waals surface area contributed by atoms with Gasteiger partial charge in [-0.2, -0.15) is 5.10 Å². The van der Waals surface area contributed by atoms with Crippen LogP contribution in [0.5, 0.6) is 11.5 Å². The molecule has 1 atom stereocenters. The molecule has 0 aliphatic rings. The Balaban J connectivity index is 1.84. The summed E-state index contributed by atoms with van der Waals surface area (Å²) in [6, 6.07) is 4.84. The summed E-state index contributed by atoms with van der Waals surface area (Å²) in [6.07, 6.45) is 0.771. The standard InChI is InChI=1S/C30H42N4O5/c1-10-38-24-14-12-21(16-25(24)37-9)23(17-27(36)39-11-2)32-26(35)15-13-22-18(3)28-20(5)33-34(30(6,7)8)29(28)31-19(22)4/h12,14,16,23H,10-11,13,15,17H2,1-9H3,(H,32,35)/t23-/m1/s1. The molecular weight excluding hydrogens is 496 g/mol. The smallest absolute Gasteiger partial charge is 0.308 e. The van der Waals surface area contributed by atoms with Crippen LogP contribution in [0.4, 0.5) is 0 Å². The van der Waals surface area contributed by atoms with E-state index in [2.05, 4.69) is 33.0 Å². The molecule has 1 amide bonds. The summed E-state index contributed by atoms with van der Waals surface area (Å²) in [4.78, 5) is 30.5. The van der Waals surface area contributed by atoms with Crippen LogP contribution in [-0.2, 0) is 26.3 Å². The number of fused-ring (bicyclic) bond motifs is 1. The van der Waals surface area contributed by atoms with Gasteiger partial charge in [0.2, 0.25) is 5.91 Å².